The molecule has 8 heteroatoms. The van der Waals surface area contributed by atoms with Gasteiger partial charge >= 0.3 is 6.18 Å². The second-order valence-corrected chi connectivity index (χ2v) is 6.42. The fourth-order valence-electron chi connectivity index (χ4n) is 2.53. The number of guanidine groups is 1. The number of anilines is 1. The Morgan fingerprint density at radius 3 is 2.28 bits per heavy atom. The van der Waals surface area contributed by atoms with E-state index in [1.54, 1.807) is 19.2 Å². The lowest BCUT2D eigenvalue weighted by atomic mass is 10.1. The fraction of sp³-hybridized carbons (Fsp3) is 0.381. The Hall–Kier alpha value is -2.74. The summed E-state index contributed by atoms with van der Waals surface area (Å²) in [5, 5.41) is 9.82. The molecule has 0 aliphatic heterocycles. The Balaban J connectivity index is 1.63. The molecule has 0 amide bonds. The molecule has 0 atom stereocenters. The van der Waals surface area contributed by atoms with Crippen LogP contribution in [0.2, 0.25) is 0 Å². The van der Waals surface area contributed by atoms with Crippen molar-refractivity contribution < 1.29 is 17.9 Å². The normalized spacial score (nSPS) is 11.9. The first-order valence-corrected chi connectivity index (χ1v) is 9.42. The van der Waals surface area contributed by atoms with Gasteiger partial charge in [-0.3, -0.25) is 4.99 Å². The van der Waals surface area contributed by atoms with Crippen LogP contribution in [0.4, 0.5) is 18.9 Å². The number of nitrogens with one attached hydrogen (secondary N) is 3. The molecular weight excluding hydrogens is 381 g/mol. The standard InChI is InChI=1S/C21H27F3N4O/c1-25-20(27-13-5-12-26-19-6-3-2-4-7-19)28-14-17-8-10-18(11-9-17)15-29-16-21(22,23)24/h2-4,6-11,26H,5,12-16H2,1H3,(H2,25,27,28). The van der Waals surface area contributed by atoms with Crippen LogP contribution in [-0.4, -0.2) is 38.9 Å². The second-order valence-electron chi connectivity index (χ2n) is 6.42. The van der Waals surface area contributed by atoms with E-state index in [9.17, 15) is 13.2 Å². The van der Waals surface area contributed by atoms with Gasteiger partial charge < -0.3 is 20.7 Å². The number of ether oxygens (including phenoxy) is 1. The fourth-order valence-corrected chi connectivity index (χ4v) is 2.53. The van der Waals surface area contributed by atoms with Crippen molar-refractivity contribution in [1.82, 2.24) is 10.6 Å². The molecule has 158 valence electrons. The first-order valence-electron chi connectivity index (χ1n) is 9.42. The summed E-state index contributed by atoms with van der Waals surface area (Å²) in [6.07, 6.45) is -3.37. The quantitative estimate of drug-likeness (QED) is 0.317. The van der Waals surface area contributed by atoms with Crippen molar-refractivity contribution >= 4 is 11.6 Å². The zero-order valence-electron chi connectivity index (χ0n) is 16.4. The minimum Gasteiger partial charge on any atom is -0.385 e. The number of para-hydroxylation sites is 1. The molecule has 2 aromatic rings. The highest BCUT2D eigenvalue weighted by molar-refractivity contribution is 5.79. The van der Waals surface area contributed by atoms with E-state index in [0.29, 0.717) is 18.1 Å². The zero-order chi connectivity index (χ0) is 21.0. The van der Waals surface area contributed by atoms with Crippen LogP contribution >= 0.6 is 0 Å². The average molecular weight is 408 g/mol. The third-order valence-corrected chi connectivity index (χ3v) is 3.99. The van der Waals surface area contributed by atoms with Gasteiger partial charge in [-0.15, -0.1) is 0 Å². The molecule has 5 nitrogen and oxygen atoms in total. The van der Waals surface area contributed by atoms with Gasteiger partial charge in [0.1, 0.15) is 6.61 Å². The van der Waals surface area contributed by atoms with Gasteiger partial charge in [0.2, 0.25) is 0 Å². The number of halogens is 3. The average Bonchev–Trinajstić information content (AvgIpc) is 2.71. The van der Waals surface area contributed by atoms with Crippen LogP contribution in [0.5, 0.6) is 0 Å². The lowest BCUT2D eigenvalue weighted by Gasteiger charge is -2.13. The van der Waals surface area contributed by atoms with Crippen LogP contribution in [0.15, 0.2) is 59.6 Å². The van der Waals surface area contributed by atoms with Crippen LogP contribution in [0.25, 0.3) is 0 Å². The van der Waals surface area contributed by atoms with Gasteiger partial charge in [0.25, 0.3) is 0 Å². The first kappa shape index (κ1) is 22.5. The lowest BCUT2D eigenvalue weighted by molar-refractivity contribution is -0.176. The van der Waals surface area contributed by atoms with Gasteiger partial charge in [-0.25, -0.2) is 0 Å². The van der Waals surface area contributed by atoms with Gasteiger partial charge in [0.15, 0.2) is 5.96 Å². The van der Waals surface area contributed by atoms with E-state index in [1.807, 2.05) is 42.5 Å². The predicted octanol–water partition coefficient (Wildman–Crippen LogP) is 3.93. The van der Waals surface area contributed by atoms with Gasteiger partial charge in [0, 0.05) is 32.4 Å². The van der Waals surface area contributed by atoms with E-state index in [-0.39, 0.29) is 6.61 Å². The van der Waals surface area contributed by atoms with E-state index in [0.717, 1.165) is 30.8 Å². The summed E-state index contributed by atoms with van der Waals surface area (Å²) in [5.41, 5.74) is 2.80. The van der Waals surface area contributed by atoms with Crippen LogP contribution in [-0.2, 0) is 17.9 Å². The second kappa shape index (κ2) is 12.0. The number of aliphatic imine (C=N–C) groups is 1. The number of alkyl halides is 3. The number of hydrogen-bond donors (Lipinski definition) is 3. The summed E-state index contributed by atoms with van der Waals surface area (Å²) in [4.78, 5) is 4.19. The van der Waals surface area contributed by atoms with Crippen LogP contribution in [0.3, 0.4) is 0 Å². The van der Waals surface area contributed by atoms with Crippen LogP contribution in [0, 0.1) is 0 Å². The SMILES string of the molecule is CN=C(NCCCNc1ccccc1)NCc1ccc(COCC(F)(F)F)cc1. The molecular formula is C21H27F3N4O. The summed E-state index contributed by atoms with van der Waals surface area (Å²) in [5.74, 6) is 0.697. The Morgan fingerprint density at radius 2 is 1.62 bits per heavy atom. The Bertz CT molecular complexity index is 734. The number of hydrogen-bond acceptors (Lipinski definition) is 3. The summed E-state index contributed by atoms with van der Waals surface area (Å²) in [6, 6.07) is 17.3. The van der Waals surface area contributed by atoms with Crippen molar-refractivity contribution in [3.8, 4) is 0 Å². The summed E-state index contributed by atoms with van der Waals surface area (Å²) < 4.78 is 40.9. The molecule has 0 radical (unpaired) electrons. The summed E-state index contributed by atoms with van der Waals surface area (Å²) in [7, 11) is 1.71. The highest BCUT2D eigenvalue weighted by atomic mass is 19.4. The van der Waals surface area contributed by atoms with Crippen LogP contribution < -0.4 is 16.0 Å². The zero-order valence-corrected chi connectivity index (χ0v) is 16.4. The van der Waals surface area contributed by atoms with E-state index >= 15 is 0 Å². The maximum Gasteiger partial charge on any atom is 0.411 e. The first-order chi connectivity index (χ1) is 14.0. The lowest BCUT2D eigenvalue weighted by Crippen LogP contribution is -2.37. The monoisotopic (exact) mass is 408 g/mol. The molecule has 0 aliphatic carbocycles. The molecule has 2 rings (SSSR count). The van der Waals surface area contributed by atoms with Crippen molar-refractivity contribution in [2.45, 2.75) is 25.7 Å². The molecule has 0 fully saturated rings. The molecule has 0 spiro atoms. The molecule has 0 saturated carbocycles. The molecule has 29 heavy (non-hydrogen) atoms. The number of benzene rings is 2. The summed E-state index contributed by atoms with van der Waals surface area (Å²) >= 11 is 0. The maximum atomic E-state index is 12.1. The van der Waals surface area contributed by atoms with Gasteiger partial charge in [-0.1, -0.05) is 42.5 Å². The largest absolute Gasteiger partial charge is 0.411 e. The molecule has 0 aliphatic rings. The van der Waals surface area contributed by atoms with Gasteiger partial charge in [0.05, 0.1) is 6.61 Å². The van der Waals surface area contributed by atoms with E-state index < -0.39 is 12.8 Å². The summed E-state index contributed by atoms with van der Waals surface area (Å²) in [6.45, 7) is 0.888. The van der Waals surface area contributed by atoms with Gasteiger partial charge in [-0.2, -0.15) is 13.2 Å². The number of rotatable bonds is 10. The van der Waals surface area contributed by atoms with Crippen molar-refractivity contribution in [2.24, 2.45) is 4.99 Å². The minimum atomic E-state index is -4.30. The van der Waals surface area contributed by atoms with Gasteiger partial charge in [-0.05, 0) is 29.7 Å². The van der Waals surface area contributed by atoms with E-state index in [2.05, 4.69) is 25.7 Å². The Labute approximate surface area is 169 Å². The van der Waals surface area contributed by atoms with E-state index in [4.69, 9.17) is 0 Å². The highest BCUT2D eigenvalue weighted by Crippen LogP contribution is 2.15. The Morgan fingerprint density at radius 1 is 0.931 bits per heavy atom. The topological polar surface area (TPSA) is 57.7 Å². The third kappa shape index (κ3) is 9.84. The van der Waals surface area contributed by atoms with Crippen molar-refractivity contribution in [3.05, 3.63) is 65.7 Å². The molecule has 0 heterocycles. The van der Waals surface area contributed by atoms with Crippen molar-refractivity contribution in [2.75, 3.05) is 32.1 Å². The Kier molecular flexibility index (Phi) is 9.30. The van der Waals surface area contributed by atoms with E-state index in [1.165, 1.54) is 0 Å². The molecule has 0 aromatic heterocycles. The predicted molar refractivity (Wildman–Crippen MR) is 110 cm³/mol. The smallest absolute Gasteiger partial charge is 0.385 e. The molecule has 0 saturated heterocycles. The molecule has 0 unspecified atom stereocenters. The molecule has 0 bridgehead atoms. The molecule has 2 aromatic carbocycles. The van der Waals surface area contributed by atoms with Crippen LogP contribution in [0.1, 0.15) is 17.5 Å². The minimum absolute atomic E-state index is 0.0620. The highest BCUT2D eigenvalue weighted by Gasteiger charge is 2.27. The molecule has 3 N–H and O–H groups in total. The maximum absolute atomic E-state index is 12.1. The number of nitrogens with zero attached hydrogens (tertiary/aromatic N) is 1. The third-order valence-electron chi connectivity index (χ3n) is 3.99. The van der Waals surface area contributed by atoms with Crippen molar-refractivity contribution in [1.29, 1.82) is 0 Å². The van der Waals surface area contributed by atoms with Crippen molar-refractivity contribution in [3.63, 3.8) is 0 Å².